The van der Waals surface area contributed by atoms with Gasteiger partial charge in [-0.2, -0.15) is 17.0 Å². The lowest BCUT2D eigenvalue weighted by Gasteiger charge is -2.41. The Balaban J connectivity index is 0.00000243. The Morgan fingerprint density at radius 2 is 1.62 bits per heavy atom. The summed E-state index contributed by atoms with van der Waals surface area (Å²) in [6, 6.07) is -0.0992. The van der Waals surface area contributed by atoms with E-state index in [2.05, 4.69) is 5.32 Å². The number of carbonyl (C=O) groups is 1. The van der Waals surface area contributed by atoms with E-state index in [1.54, 1.807) is 4.90 Å². The van der Waals surface area contributed by atoms with E-state index >= 15 is 0 Å². The zero-order chi connectivity index (χ0) is 18.0. The van der Waals surface area contributed by atoms with E-state index in [4.69, 9.17) is 4.74 Å². The third-order valence-electron chi connectivity index (χ3n) is 5.20. The van der Waals surface area contributed by atoms with Crippen LogP contribution in [0.4, 0.5) is 0 Å². The molecule has 8 nitrogen and oxygen atoms in total. The van der Waals surface area contributed by atoms with Gasteiger partial charge in [-0.15, -0.1) is 12.4 Å². The highest BCUT2D eigenvalue weighted by Crippen LogP contribution is 2.19. The zero-order valence-electron chi connectivity index (χ0n) is 15.6. The van der Waals surface area contributed by atoms with Crippen molar-refractivity contribution in [3.63, 3.8) is 0 Å². The third kappa shape index (κ3) is 4.88. The Hall–Kier alpha value is -0.450. The van der Waals surface area contributed by atoms with Gasteiger partial charge in [-0.25, -0.2) is 0 Å². The molecule has 1 amide bonds. The fraction of sp³-hybridized carbons (Fsp3) is 0.938. The number of nitrogens with zero attached hydrogens (tertiary/aromatic N) is 3. The molecule has 3 unspecified atom stereocenters. The van der Waals surface area contributed by atoms with Gasteiger partial charge in [-0.1, -0.05) is 6.42 Å². The van der Waals surface area contributed by atoms with E-state index in [1.807, 2.05) is 13.8 Å². The second-order valence-corrected chi connectivity index (χ2v) is 9.24. The van der Waals surface area contributed by atoms with E-state index in [9.17, 15) is 13.2 Å². The highest BCUT2D eigenvalue weighted by atomic mass is 35.5. The summed E-state index contributed by atoms with van der Waals surface area (Å²) in [7, 11) is -3.49. The van der Waals surface area contributed by atoms with Gasteiger partial charge in [0, 0.05) is 39.3 Å². The predicted octanol–water partition coefficient (Wildman–Crippen LogP) is 0.0485. The molecule has 0 bridgehead atoms. The van der Waals surface area contributed by atoms with E-state index < -0.39 is 10.2 Å². The minimum absolute atomic E-state index is 0. The lowest BCUT2D eigenvalue weighted by Crippen LogP contribution is -2.59. The van der Waals surface area contributed by atoms with Gasteiger partial charge in [-0.05, 0) is 33.2 Å². The molecule has 0 aromatic rings. The average Bonchev–Trinajstić information content (AvgIpc) is 2.61. The van der Waals surface area contributed by atoms with Crippen LogP contribution in [0.1, 0.15) is 33.1 Å². The molecule has 1 N–H and O–H groups in total. The number of hydrogen-bond donors (Lipinski definition) is 1. The van der Waals surface area contributed by atoms with Crippen molar-refractivity contribution in [1.82, 2.24) is 18.8 Å². The van der Waals surface area contributed by atoms with Crippen molar-refractivity contribution in [2.45, 2.75) is 51.4 Å². The van der Waals surface area contributed by atoms with E-state index in [0.29, 0.717) is 39.3 Å². The van der Waals surface area contributed by atoms with Crippen molar-refractivity contribution in [1.29, 1.82) is 0 Å². The molecule has 0 saturated carbocycles. The van der Waals surface area contributed by atoms with E-state index in [0.717, 1.165) is 25.8 Å². The summed E-state index contributed by atoms with van der Waals surface area (Å²) >= 11 is 0. The van der Waals surface area contributed by atoms with E-state index in [-0.39, 0.29) is 36.6 Å². The van der Waals surface area contributed by atoms with Crippen LogP contribution in [-0.2, 0) is 19.7 Å². The molecule has 3 atom stereocenters. The first-order valence-corrected chi connectivity index (χ1v) is 10.7. The second-order valence-electron chi connectivity index (χ2n) is 7.31. The first-order valence-electron chi connectivity index (χ1n) is 9.31. The summed E-state index contributed by atoms with van der Waals surface area (Å²) in [6.07, 6.45) is 2.87. The van der Waals surface area contributed by atoms with Crippen molar-refractivity contribution in [2.75, 3.05) is 45.8 Å². The maximum Gasteiger partial charge on any atom is 0.282 e. The molecule has 3 heterocycles. The van der Waals surface area contributed by atoms with Crippen LogP contribution in [0.25, 0.3) is 0 Å². The molecular formula is C16H31ClN4O4S. The lowest BCUT2D eigenvalue weighted by atomic mass is 10.0. The molecule has 0 aromatic heterocycles. The second kappa shape index (κ2) is 9.16. The fourth-order valence-corrected chi connectivity index (χ4v) is 5.65. The summed E-state index contributed by atoms with van der Waals surface area (Å²) in [5.41, 5.74) is 0. The normalized spacial score (nSPS) is 32.1. The smallest absolute Gasteiger partial charge is 0.282 e. The van der Waals surface area contributed by atoms with Crippen molar-refractivity contribution >= 4 is 28.5 Å². The Labute approximate surface area is 162 Å². The van der Waals surface area contributed by atoms with Crippen LogP contribution < -0.4 is 5.32 Å². The van der Waals surface area contributed by atoms with Gasteiger partial charge in [0.25, 0.3) is 10.2 Å². The van der Waals surface area contributed by atoms with Crippen LogP contribution in [0.5, 0.6) is 0 Å². The molecule has 0 aliphatic carbocycles. The van der Waals surface area contributed by atoms with Gasteiger partial charge in [0.05, 0.1) is 18.2 Å². The number of morpholine rings is 1. The molecule has 152 valence electrons. The number of amides is 1. The van der Waals surface area contributed by atoms with Gasteiger partial charge >= 0.3 is 0 Å². The number of rotatable bonds is 3. The molecule has 0 spiro atoms. The number of nitrogens with one attached hydrogen (secondary N) is 1. The van der Waals surface area contributed by atoms with Gasteiger partial charge in [-0.3, -0.25) is 4.79 Å². The molecule has 0 aromatic carbocycles. The van der Waals surface area contributed by atoms with Crippen LogP contribution in [-0.4, -0.2) is 91.9 Å². The highest BCUT2D eigenvalue weighted by Gasteiger charge is 2.38. The standard InChI is InChI=1S/C16H30N4O4S.ClH/c1-13-11-20(12-14(2)24-13)25(22,23)19-9-7-18(8-10-19)16(21)15-5-3-4-6-17-15;/h13-15,17H,3-12H2,1-2H3;1H. The lowest BCUT2D eigenvalue weighted by molar-refractivity contribution is -0.135. The van der Waals surface area contributed by atoms with Crippen molar-refractivity contribution in [3.05, 3.63) is 0 Å². The number of ether oxygens (including phenoxy) is 1. The Morgan fingerprint density at radius 3 is 2.15 bits per heavy atom. The first kappa shape index (κ1) is 21.8. The third-order valence-corrected chi connectivity index (χ3v) is 7.17. The minimum atomic E-state index is -3.49. The molecule has 3 aliphatic heterocycles. The first-order chi connectivity index (χ1) is 11.9. The summed E-state index contributed by atoms with van der Waals surface area (Å²) in [5.74, 6) is 0.116. The summed E-state index contributed by atoms with van der Waals surface area (Å²) in [4.78, 5) is 14.4. The van der Waals surface area contributed by atoms with E-state index in [1.165, 1.54) is 8.61 Å². The minimum Gasteiger partial charge on any atom is -0.373 e. The van der Waals surface area contributed by atoms with Crippen LogP contribution in [0, 0.1) is 0 Å². The van der Waals surface area contributed by atoms with Crippen LogP contribution in [0.2, 0.25) is 0 Å². The monoisotopic (exact) mass is 410 g/mol. The van der Waals surface area contributed by atoms with Crippen LogP contribution in [0.3, 0.4) is 0 Å². The zero-order valence-corrected chi connectivity index (χ0v) is 17.2. The molecule has 3 rings (SSSR count). The quantitative estimate of drug-likeness (QED) is 0.710. The molecule has 3 saturated heterocycles. The number of hydrogen-bond acceptors (Lipinski definition) is 5. The number of halogens is 1. The summed E-state index contributed by atoms with van der Waals surface area (Å²) < 4.78 is 34.4. The number of piperidine rings is 1. The molecule has 0 radical (unpaired) electrons. The molecule has 10 heteroatoms. The summed E-state index contributed by atoms with van der Waals surface area (Å²) in [6.45, 7) is 7.10. The predicted molar refractivity (Wildman–Crippen MR) is 102 cm³/mol. The van der Waals surface area contributed by atoms with Gasteiger partial charge in [0.2, 0.25) is 5.91 Å². The van der Waals surface area contributed by atoms with Gasteiger partial charge in [0.1, 0.15) is 0 Å². The molecular weight excluding hydrogens is 380 g/mol. The maximum absolute atomic E-state index is 12.9. The van der Waals surface area contributed by atoms with Gasteiger partial charge < -0.3 is 15.0 Å². The van der Waals surface area contributed by atoms with Crippen molar-refractivity contribution < 1.29 is 17.9 Å². The maximum atomic E-state index is 12.9. The van der Waals surface area contributed by atoms with Gasteiger partial charge in [0.15, 0.2) is 0 Å². The SMILES string of the molecule is CC1CN(S(=O)(=O)N2CCN(C(=O)C3CCCCN3)CC2)CC(C)O1.Cl. The average molecular weight is 411 g/mol. The Kier molecular flexibility index (Phi) is 7.70. The Morgan fingerprint density at radius 1 is 1.00 bits per heavy atom. The molecule has 3 fully saturated rings. The summed E-state index contributed by atoms with van der Waals surface area (Å²) in [5, 5.41) is 3.27. The van der Waals surface area contributed by atoms with Crippen LogP contribution in [0.15, 0.2) is 0 Å². The van der Waals surface area contributed by atoms with Crippen molar-refractivity contribution in [2.24, 2.45) is 0 Å². The Bertz CT molecular complexity index is 567. The number of carbonyl (C=O) groups excluding carboxylic acids is 1. The molecule has 3 aliphatic rings. The largest absolute Gasteiger partial charge is 0.373 e. The molecule has 26 heavy (non-hydrogen) atoms. The highest BCUT2D eigenvalue weighted by molar-refractivity contribution is 7.86. The van der Waals surface area contributed by atoms with Crippen molar-refractivity contribution in [3.8, 4) is 0 Å². The number of piperazine rings is 1. The van der Waals surface area contributed by atoms with Crippen LogP contribution >= 0.6 is 12.4 Å². The topological polar surface area (TPSA) is 82.2 Å². The fourth-order valence-electron chi connectivity index (χ4n) is 3.90.